The summed E-state index contributed by atoms with van der Waals surface area (Å²) in [6.45, 7) is 5.88. The maximum Gasteiger partial charge on any atom is 0.144 e. The first kappa shape index (κ1) is 16.5. The van der Waals surface area contributed by atoms with Crippen LogP contribution in [0.4, 0.5) is 0 Å². The molecule has 1 atom stereocenters. The van der Waals surface area contributed by atoms with Gasteiger partial charge in [0.05, 0.1) is 11.6 Å². The lowest BCUT2D eigenvalue weighted by Gasteiger charge is -2.34. The van der Waals surface area contributed by atoms with Crippen LogP contribution in [0.15, 0.2) is 22.6 Å². The molecule has 1 spiro atoms. The summed E-state index contributed by atoms with van der Waals surface area (Å²) < 4.78 is 17.0. The summed E-state index contributed by atoms with van der Waals surface area (Å²) in [6.07, 6.45) is 6.71. The fraction of sp³-hybridized carbons (Fsp3) is 0.579. The van der Waals surface area contributed by atoms with Gasteiger partial charge in [-0.25, -0.2) is 0 Å². The van der Waals surface area contributed by atoms with Crippen molar-refractivity contribution in [3.63, 3.8) is 0 Å². The average Bonchev–Trinajstić information content (AvgIpc) is 2.80. The molecule has 1 unspecified atom stereocenters. The summed E-state index contributed by atoms with van der Waals surface area (Å²) in [6, 6.07) is 8.19. The molecule has 3 nitrogen and oxygen atoms in total. The Morgan fingerprint density at radius 1 is 1.22 bits per heavy atom. The Labute approximate surface area is 142 Å². The maximum absolute atomic E-state index is 12.7. The number of rotatable bonds is 1. The van der Waals surface area contributed by atoms with Gasteiger partial charge < -0.3 is 4.55 Å². The lowest BCUT2D eigenvalue weighted by molar-refractivity contribution is 0.291. The zero-order chi connectivity index (χ0) is 16.7. The first-order valence-electron chi connectivity index (χ1n) is 8.41. The Morgan fingerprint density at radius 3 is 2.52 bits per heavy atom. The minimum absolute atomic E-state index is 0.00551. The predicted molar refractivity (Wildman–Crippen MR) is 94.8 cm³/mol. The number of benzene rings is 1. The molecule has 1 saturated carbocycles. The third kappa shape index (κ3) is 2.93. The van der Waals surface area contributed by atoms with Crippen molar-refractivity contribution in [2.75, 3.05) is 0 Å². The second kappa shape index (κ2) is 5.96. The molecule has 0 radical (unpaired) electrons. The maximum atomic E-state index is 12.7. The molecule has 0 aliphatic heterocycles. The van der Waals surface area contributed by atoms with Crippen LogP contribution in [-0.4, -0.2) is 15.0 Å². The van der Waals surface area contributed by atoms with Gasteiger partial charge in [0.15, 0.2) is 0 Å². The summed E-state index contributed by atoms with van der Waals surface area (Å²) in [4.78, 5) is 0. The summed E-state index contributed by atoms with van der Waals surface area (Å²) in [5.74, 6) is 0. The molecular weight excluding hydrogens is 304 g/mol. The lowest BCUT2D eigenvalue weighted by Crippen LogP contribution is -2.34. The Bertz CT molecular complexity index is 676. The Balaban J connectivity index is 2.13. The van der Waals surface area contributed by atoms with E-state index in [1.165, 1.54) is 19.3 Å². The van der Waals surface area contributed by atoms with Crippen LogP contribution >= 0.6 is 0 Å². The standard InChI is InChI=1S/C19H24N2OS/c1-18(2,3)23(22)21-17-15-9-7-8-14(13-20)16(15)12-19(17)10-5-4-6-11-19/h7-9H,4-6,10-12H2,1-3H3. The molecule has 0 N–H and O–H groups in total. The zero-order valence-corrected chi connectivity index (χ0v) is 15.0. The van der Waals surface area contributed by atoms with Gasteiger partial charge in [-0.1, -0.05) is 35.8 Å². The fourth-order valence-electron chi connectivity index (χ4n) is 3.82. The number of hydrogen-bond donors (Lipinski definition) is 0. The highest BCUT2D eigenvalue weighted by atomic mass is 32.2. The van der Waals surface area contributed by atoms with E-state index < -0.39 is 11.4 Å². The van der Waals surface area contributed by atoms with E-state index in [1.807, 2.05) is 32.9 Å². The van der Waals surface area contributed by atoms with E-state index >= 15 is 0 Å². The van der Waals surface area contributed by atoms with E-state index in [0.717, 1.165) is 41.7 Å². The Kier molecular flexibility index (Phi) is 4.29. The van der Waals surface area contributed by atoms with E-state index in [9.17, 15) is 9.81 Å². The van der Waals surface area contributed by atoms with Gasteiger partial charge >= 0.3 is 0 Å². The van der Waals surface area contributed by atoms with Crippen molar-refractivity contribution in [1.29, 1.82) is 5.26 Å². The minimum Gasteiger partial charge on any atom is -0.591 e. The molecule has 122 valence electrons. The van der Waals surface area contributed by atoms with Crippen LogP contribution in [0.2, 0.25) is 0 Å². The van der Waals surface area contributed by atoms with Crippen molar-refractivity contribution >= 4 is 17.1 Å². The van der Waals surface area contributed by atoms with Crippen LogP contribution in [0.1, 0.15) is 69.6 Å². The third-order valence-corrected chi connectivity index (χ3v) is 6.47. The van der Waals surface area contributed by atoms with Gasteiger partial charge in [-0.05, 0) is 51.7 Å². The molecule has 0 aromatic heterocycles. The second-order valence-electron chi connectivity index (χ2n) is 7.76. The molecule has 1 fully saturated rings. The van der Waals surface area contributed by atoms with Crippen LogP contribution in [0.3, 0.4) is 0 Å². The molecule has 3 rings (SSSR count). The van der Waals surface area contributed by atoms with Crippen molar-refractivity contribution in [2.24, 2.45) is 9.81 Å². The van der Waals surface area contributed by atoms with E-state index in [2.05, 4.69) is 12.1 Å². The van der Waals surface area contributed by atoms with Gasteiger partial charge in [0.25, 0.3) is 0 Å². The molecule has 4 heteroatoms. The van der Waals surface area contributed by atoms with Crippen molar-refractivity contribution in [3.8, 4) is 6.07 Å². The Hall–Kier alpha value is -1.31. The SMILES string of the molecule is CC(C)(C)[S+]([O-])N=C1c2cccc(C#N)c2CC12CCCCC2. The second-order valence-corrected chi connectivity index (χ2v) is 9.67. The van der Waals surface area contributed by atoms with E-state index in [0.29, 0.717) is 0 Å². The van der Waals surface area contributed by atoms with Crippen molar-refractivity contribution in [3.05, 3.63) is 34.9 Å². The summed E-state index contributed by atoms with van der Waals surface area (Å²) in [5.41, 5.74) is 3.91. The zero-order valence-electron chi connectivity index (χ0n) is 14.2. The monoisotopic (exact) mass is 328 g/mol. The molecule has 0 saturated heterocycles. The number of fused-ring (bicyclic) bond motifs is 1. The number of hydrogen-bond acceptors (Lipinski definition) is 3. The topological polar surface area (TPSA) is 59.2 Å². The third-order valence-electron chi connectivity index (χ3n) is 5.08. The molecular formula is C19H24N2OS. The highest BCUT2D eigenvalue weighted by Gasteiger charge is 2.47. The van der Waals surface area contributed by atoms with Gasteiger partial charge in [-0.2, -0.15) is 5.26 Å². The van der Waals surface area contributed by atoms with Crippen molar-refractivity contribution in [1.82, 2.24) is 0 Å². The molecule has 23 heavy (non-hydrogen) atoms. The first-order valence-corrected chi connectivity index (χ1v) is 9.52. The smallest absolute Gasteiger partial charge is 0.144 e. The highest BCUT2D eigenvalue weighted by Crippen LogP contribution is 2.49. The molecule has 0 amide bonds. The molecule has 0 bridgehead atoms. The minimum atomic E-state index is -1.27. The lowest BCUT2D eigenvalue weighted by atomic mass is 9.71. The molecule has 2 aliphatic rings. The predicted octanol–water partition coefficient (Wildman–Crippen LogP) is 4.32. The molecule has 2 aliphatic carbocycles. The van der Waals surface area contributed by atoms with Crippen LogP contribution < -0.4 is 0 Å². The van der Waals surface area contributed by atoms with Gasteiger partial charge in [0.1, 0.15) is 21.8 Å². The fourth-order valence-corrected chi connectivity index (χ4v) is 4.55. The molecule has 1 aromatic carbocycles. The largest absolute Gasteiger partial charge is 0.591 e. The van der Waals surface area contributed by atoms with Crippen LogP contribution in [0.5, 0.6) is 0 Å². The van der Waals surface area contributed by atoms with Crippen molar-refractivity contribution < 1.29 is 4.55 Å². The number of nitriles is 1. The normalized spacial score (nSPS) is 22.8. The molecule has 1 aromatic rings. The Morgan fingerprint density at radius 2 is 1.91 bits per heavy atom. The number of nitrogens with zero attached hydrogens (tertiary/aromatic N) is 2. The average molecular weight is 328 g/mol. The van der Waals surface area contributed by atoms with E-state index in [-0.39, 0.29) is 10.2 Å². The first-order chi connectivity index (χ1) is 10.9. The quantitative estimate of drug-likeness (QED) is 0.721. The van der Waals surface area contributed by atoms with E-state index in [1.54, 1.807) is 0 Å². The van der Waals surface area contributed by atoms with Crippen molar-refractivity contribution in [2.45, 2.75) is 64.0 Å². The summed E-state index contributed by atoms with van der Waals surface area (Å²) in [5, 5.41) is 9.44. The van der Waals surface area contributed by atoms with Crippen LogP contribution in [0, 0.1) is 16.7 Å². The van der Waals surface area contributed by atoms with Crippen LogP contribution in [-0.2, 0) is 17.8 Å². The van der Waals surface area contributed by atoms with Gasteiger partial charge in [0, 0.05) is 11.0 Å². The van der Waals surface area contributed by atoms with Crippen LogP contribution in [0.25, 0.3) is 0 Å². The molecule has 0 heterocycles. The van der Waals surface area contributed by atoms with Gasteiger partial charge in [-0.15, -0.1) is 0 Å². The highest BCUT2D eigenvalue weighted by molar-refractivity contribution is 7.91. The van der Waals surface area contributed by atoms with Gasteiger partial charge in [-0.3, -0.25) is 0 Å². The van der Waals surface area contributed by atoms with E-state index in [4.69, 9.17) is 4.40 Å². The summed E-state index contributed by atoms with van der Waals surface area (Å²) in [7, 11) is 0. The summed E-state index contributed by atoms with van der Waals surface area (Å²) >= 11 is -1.27. The van der Waals surface area contributed by atoms with Gasteiger partial charge in [0.2, 0.25) is 0 Å².